The Morgan fingerprint density at radius 1 is 1.47 bits per heavy atom. The van der Waals surface area contributed by atoms with Gasteiger partial charge in [-0.3, -0.25) is 4.79 Å². The number of hydrogen-bond acceptors (Lipinski definition) is 3. The zero-order valence-electron chi connectivity index (χ0n) is 11.0. The highest BCUT2D eigenvalue weighted by Crippen LogP contribution is 2.33. The van der Waals surface area contributed by atoms with Crippen LogP contribution in [-0.4, -0.2) is 37.1 Å². The predicted octanol–water partition coefficient (Wildman–Crippen LogP) is 1.46. The molecule has 2 atom stereocenters. The number of amides is 1. The second-order valence-corrected chi connectivity index (χ2v) is 4.77. The van der Waals surface area contributed by atoms with E-state index >= 15 is 0 Å². The predicted molar refractivity (Wildman–Crippen MR) is 69.9 cm³/mol. The highest BCUT2D eigenvalue weighted by Gasteiger charge is 2.39. The molecule has 0 aliphatic carbocycles. The number of ether oxygens (including phenoxy) is 1. The normalized spacial score (nSPS) is 23.1. The minimum atomic E-state index is -0.370. The van der Waals surface area contributed by atoms with Crippen LogP contribution in [0.15, 0.2) is 24.3 Å². The zero-order chi connectivity index (χ0) is 13.8. The molecular weight excluding hydrogens is 247 g/mol. The summed E-state index contributed by atoms with van der Waals surface area (Å²) in [7, 11) is 1.62. The lowest BCUT2D eigenvalue weighted by Gasteiger charge is -2.27. The van der Waals surface area contributed by atoms with Gasteiger partial charge in [0.1, 0.15) is 5.82 Å². The first-order chi connectivity index (χ1) is 9.15. The lowest BCUT2D eigenvalue weighted by Crippen LogP contribution is -2.34. The lowest BCUT2D eigenvalue weighted by atomic mass is 10.00. The molecule has 19 heavy (non-hydrogen) atoms. The van der Waals surface area contributed by atoms with Gasteiger partial charge in [-0.15, -0.1) is 0 Å². The van der Waals surface area contributed by atoms with Crippen LogP contribution in [0.25, 0.3) is 0 Å². The molecule has 1 aliphatic heterocycles. The summed E-state index contributed by atoms with van der Waals surface area (Å²) < 4.78 is 18.9. The molecule has 1 saturated heterocycles. The second kappa shape index (κ2) is 6.12. The van der Waals surface area contributed by atoms with E-state index in [1.54, 1.807) is 30.2 Å². The van der Waals surface area contributed by atoms with Gasteiger partial charge in [0.25, 0.3) is 0 Å². The van der Waals surface area contributed by atoms with Gasteiger partial charge in [-0.05, 0) is 12.5 Å². The Bertz CT molecular complexity index is 453. The second-order valence-electron chi connectivity index (χ2n) is 4.77. The monoisotopic (exact) mass is 266 g/mol. The molecule has 1 heterocycles. The highest BCUT2D eigenvalue weighted by atomic mass is 19.1. The van der Waals surface area contributed by atoms with E-state index in [4.69, 9.17) is 10.5 Å². The quantitative estimate of drug-likeness (QED) is 0.821. The van der Waals surface area contributed by atoms with Crippen LogP contribution in [0, 0.1) is 5.82 Å². The smallest absolute Gasteiger partial charge is 0.224 e. The van der Waals surface area contributed by atoms with Gasteiger partial charge < -0.3 is 15.4 Å². The first-order valence-electron chi connectivity index (χ1n) is 6.43. The molecule has 0 saturated carbocycles. The molecule has 2 unspecified atom stereocenters. The van der Waals surface area contributed by atoms with Crippen molar-refractivity contribution in [2.24, 2.45) is 5.73 Å². The summed E-state index contributed by atoms with van der Waals surface area (Å²) in [5.74, 6) is -0.328. The summed E-state index contributed by atoms with van der Waals surface area (Å²) in [6.07, 6.45) is 0.992. The number of carbonyl (C=O) groups is 1. The molecule has 2 rings (SSSR count). The Kier molecular flexibility index (Phi) is 4.50. The van der Waals surface area contributed by atoms with E-state index in [1.165, 1.54) is 6.07 Å². The molecule has 0 radical (unpaired) electrons. The maximum atomic E-state index is 13.9. The Balaban J connectivity index is 2.20. The fraction of sp³-hybridized carbons (Fsp3) is 0.500. The molecule has 4 nitrogen and oxygen atoms in total. The standard InChI is InChI=1S/C14H19FN2O2/c1-19-8-4-7-17-13(18)9-12(16)14(17)10-5-2-3-6-11(10)15/h2-3,5-6,12,14H,4,7-9,16H2,1H3. The summed E-state index contributed by atoms with van der Waals surface area (Å²) in [4.78, 5) is 13.6. The van der Waals surface area contributed by atoms with Crippen molar-refractivity contribution in [3.05, 3.63) is 35.6 Å². The molecule has 2 N–H and O–H groups in total. The highest BCUT2D eigenvalue weighted by molar-refractivity contribution is 5.80. The molecule has 1 amide bonds. The van der Waals surface area contributed by atoms with E-state index < -0.39 is 0 Å². The van der Waals surface area contributed by atoms with E-state index in [2.05, 4.69) is 0 Å². The Morgan fingerprint density at radius 3 is 2.89 bits per heavy atom. The number of likely N-dealkylation sites (tertiary alicyclic amines) is 1. The van der Waals surface area contributed by atoms with Gasteiger partial charge in [-0.2, -0.15) is 0 Å². The van der Waals surface area contributed by atoms with Crippen molar-refractivity contribution in [1.82, 2.24) is 4.90 Å². The Morgan fingerprint density at radius 2 is 2.21 bits per heavy atom. The fourth-order valence-electron chi connectivity index (χ4n) is 2.57. The SMILES string of the molecule is COCCCN1C(=O)CC(N)C1c1ccccc1F. The average Bonchev–Trinajstić information content (AvgIpc) is 2.66. The molecule has 104 valence electrons. The van der Waals surface area contributed by atoms with Gasteiger partial charge in [-0.1, -0.05) is 18.2 Å². The third-order valence-corrected chi connectivity index (χ3v) is 3.44. The van der Waals surface area contributed by atoms with Crippen molar-refractivity contribution in [3.8, 4) is 0 Å². The minimum Gasteiger partial charge on any atom is -0.385 e. The molecular formula is C14H19FN2O2. The maximum absolute atomic E-state index is 13.9. The van der Waals surface area contributed by atoms with Crippen molar-refractivity contribution >= 4 is 5.91 Å². The van der Waals surface area contributed by atoms with Gasteiger partial charge >= 0.3 is 0 Å². The van der Waals surface area contributed by atoms with Crippen LogP contribution in [0.4, 0.5) is 4.39 Å². The van der Waals surface area contributed by atoms with E-state index in [-0.39, 0.29) is 30.2 Å². The first kappa shape index (κ1) is 14.0. The summed E-state index contributed by atoms with van der Waals surface area (Å²) in [5, 5.41) is 0. The number of nitrogens with two attached hydrogens (primary N) is 1. The van der Waals surface area contributed by atoms with Crippen molar-refractivity contribution in [2.45, 2.75) is 24.9 Å². The van der Waals surface area contributed by atoms with E-state index in [1.807, 2.05) is 0 Å². The average molecular weight is 266 g/mol. The van der Waals surface area contributed by atoms with Gasteiger partial charge in [0.05, 0.1) is 6.04 Å². The van der Waals surface area contributed by atoms with E-state index in [0.717, 1.165) is 6.42 Å². The number of nitrogens with zero attached hydrogens (tertiary/aromatic N) is 1. The van der Waals surface area contributed by atoms with E-state index in [9.17, 15) is 9.18 Å². The summed E-state index contributed by atoms with van der Waals surface area (Å²) in [6, 6.07) is 5.77. The molecule has 0 bridgehead atoms. The molecule has 1 fully saturated rings. The van der Waals surface area contributed by atoms with Gasteiger partial charge in [0.2, 0.25) is 5.91 Å². The lowest BCUT2D eigenvalue weighted by molar-refractivity contribution is -0.129. The van der Waals surface area contributed by atoms with Gasteiger partial charge in [-0.25, -0.2) is 4.39 Å². The van der Waals surface area contributed by atoms with Crippen LogP contribution < -0.4 is 5.73 Å². The fourth-order valence-corrected chi connectivity index (χ4v) is 2.57. The van der Waals surface area contributed by atoms with Crippen molar-refractivity contribution < 1.29 is 13.9 Å². The van der Waals surface area contributed by atoms with Crippen LogP contribution in [-0.2, 0) is 9.53 Å². The van der Waals surface area contributed by atoms with Gasteiger partial charge in [0.15, 0.2) is 0 Å². The summed E-state index contributed by atoms with van der Waals surface area (Å²) in [5.41, 5.74) is 6.50. The largest absolute Gasteiger partial charge is 0.385 e. The Hall–Kier alpha value is -1.46. The summed E-state index contributed by atoms with van der Waals surface area (Å²) >= 11 is 0. The van der Waals surface area contributed by atoms with E-state index in [0.29, 0.717) is 18.7 Å². The molecule has 1 aromatic carbocycles. The number of methoxy groups -OCH3 is 1. The van der Waals surface area contributed by atoms with Crippen molar-refractivity contribution in [2.75, 3.05) is 20.3 Å². The zero-order valence-corrected chi connectivity index (χ0v) is 11.0. The third kappa shape index (κ3) is 2.93. The molecule has 0 spiro atoms. The van der Waals surface area contributed by atoms with Crippen LogP contribution in [0.5, 0.6) is 0 Å². The Labute approximate surface area is 112 Å². The molecule has 0 aromatic heterocycles. The van der Waals surface area contributed by atoms with Crippen LogP contribution in [0.2, 0.25) is 0 Å². The number of halogens is 1. The number of rotatable bonds is 5. The van der Waals surface area contributed by atoms with Crippen LogP contribution in [0.3, 0.4) is 0 Å². The number of carbonyl (C=O) groups excluding carboxylic acids is 1. The molecule has 1 aromatic rings. The van der Waals surface area contributed by atoms with Crippen LogP contribution >= 0.6 is 0 Å². The maximum Gasteiger partial charge on any atom is 0.224 e. The topological polar surface area (TPSA) is 55.6 Å². The van der Waals surface area contributed by atoms with Crippen LogP contribution in [0.1, 0.15) is 24.4 Å². The number of hydrogen-bond donors (Lipinski definition) is 1. The number of benzene rings is 1. The summed E-state index contributed by atoms with van der Waals surface area (Å²) in [6.45, 7) is 1.11. The van der Waals surface area contributed by atoms with Crippen molar-refractivity contribution in [3.63, 3.8) is 0 Å². The minimum absolute atomic E-state index is 0.0168. The first-order valence-corrected chi connectivity index (χ1v) is 6.43. The van der Waals surface area contributed by atoms with Crippen molar-refractivity contribution in [1.29, 1.82) is 0 Å². The molecule has 1 aliphatic rings. The van der Waals surface area contributed by atoms with Gasteiger partial charge in [0, 0.05) is 38.3 Å². The molecule has 5 heteroatoms. The third-order valence-electron chi connectivity index (χ3n) is 3.44.